The van der Waals surface area contributed by atoms with Crippen LogP contribution in [-0.4, -0.2) is 27.2 Å². The third kappa shape index (κ3) is 1.51. The van der Waals surface area contributed by atoms with E-state index in [-0.39, 0.29) is 6.04 Å². The standard InChI is InChI=1S/C5H11N5/c1-3-6-4(2)5-7-9-10-8-5/h4,6H,3H2,1-2H3,(H,7,8,9,10). The van der Waals surface area contributed by atoms with Crippen LogP contribution in [0.4, 0.5) is 0 Å². The van der Waals surface area contributed by atoms with Crippen molar-refractivity contribution in [2.75, 3.05) is 6.54 Å². The van der Waals surface area contributed by atoms with Gasteiger partial charge in [-0.1, -0.05) is 6.92 Å². The number of aromatic nitrogens is 4. The average molecular weight is 141 g/mol. The minimum absolute atomic E-state index is 0.208. The van der Waals surface area contributed by atoms with Gasteiger partial charge in [0.25, 0.3) is 0 Å². The van der Waals surface area contributed by atoms with Gasteiger partial charge in [0.2, 0.25) is 0 Å². The Labute approximate surface area is 59.2 Å². The molecule has 0 fully saturated rings. The Kier molecular flexibility index (Phi) is 2.33. The quantitative estimate of drug-likeness (QED) is 0.615. The fourth-order valence-corrected chi connectivity index (χ4v) is 0.753. The van der Waals surface area contributed by atoms with Gasteiger partial charge in [0, 0.05) is 0 Å². The van der Waals surface area contributed by atoms with E-state index in [1.165, 1.54) is 0 Å². The number of nitrogens with zero attached hydrogens (tertiary/aromatic N) is 3. The molecular formula is C5H11N5. The lowest BCUT2D eigenvalue weighted by Gasteiger charge is -2.05. The molecule has 0 aliphatic rings. The molecule has 5 heteroatoms. The molecule has 1 unspecified atom stereocenters. The molecule has 0 aliphatic heterocycles. The lowest BCUT2D eigenvalue weighted by molar-refractivity contribution is 0.567. The Balaban J connectivity index is 2.50. The van der Waals surface area contributed by atoms with Crippen LogP contribution in [-0.2, 0) is 0 Å². The molecule has 0 amide bonds. The molecule has 0 aromatic carbocycles. The first-order valence-electron chi connectivity index (χ1n) is 3.31. The van der Waals surface area contributed by atoms with Gasteiger partial charge in [-0.3, -0.25) is 0 Å². The van der Waals surface area contributed by atoms with E-state index in [0.717, 1.165) is 12.4 Å². The Morgan fingerprint density at radius 3 is 3.00 bits per heavy atom. The topological polar surface area (TPSA) is 66.5 Å². The number of aromatic amines is 1. The van der Waals surface area contributed by atoms with E-state index < -0.39 is 0 Å². The minimum atomic E-state index is 0.208. The molecule has 0 spiro atoms. The number of hydrogen-bond donors (Lipinski definition) is 2. The smallest absolute Gasteiger partial charge is 0.165 e. The summed E-state index contributed by atoms with van der Waals surface area (Å²) in [7, 11) is 0. The van der Waals surface area contributed by atoms with Crippen molar-refractivity contribution >= 4 is 0 Å². The van der Waals surface area contributed by atoms with Crippen molar-refractivity contribution < 1.29 is 0 Å². The zero-order valence-corrected chi connectivity index (χ0v) is 6.13. The number of hydrogen-bond acceptors (Lipinski definition) is 4. The summed E-state index contributed by atoms with van der Waals surface area (Å²) in [6.07, 6.45) is 0. The zero-order valence-electron chi connectivity index (χ0n) is 6.13. The van der Waals surface area contributed by atoms with E-state index in [2.05, 4.69) is 25.9 Å². The molecule has 0 saturated heterocycles. The van der Waals surface area contributed by atoms with Crippen LogP contribution in [0.25, 0.3) is 0 Å². The molecule has 1 heterocycles. The predicted molar refractivity (Wildman–Crippen MR) is 36.3 cm³/mol. The van der Waals surface area contributed by atoms with Gasteiger partial charge in [-0.2, -0.15) is 0 Å². The SMILES string of the molecule is CCNC(C)c1nnn[nH]1. The first kappa shape index (κ1) is 7.14. The molecule has 1 aromatic rings. The molecule has 1 aromatic heterocycles. The van der Waals surface area contributed by atoms with E-state index in [1.807, 2.05) is 13.8 Å². The Morgan fingerprint density at radius 1 is 1.70 bits per heavy atom. The van der Waals surface area contributed by atoms with Crippen LogP contribution in [0.3, 0.4) is 0 Å². The van der Waals surface area contributed by atoms with Gasteiger partial charge in [0.05, 0.1) is 6.04 Å². The van der Waals surface area contributed by atoms with Gasteiger partial charge < -0.3 is 5.32 Å². The van der Waals surface area contributed by atoms with Gasteiger partial charge in [-0.25, -0.2) is 5.10 Å². The van der Waals surface area contributed by atoms with Crippen LogP contribution in [0, 0.1) is 0 Å². The first-order chi connectivity index (χ1) is 4.84. The lowest BCUT2D eigenvalue weighted by Crippen LogP contribution is -2.18. The summed E-state index contributed by atoms with van der Waals surface area (Å²) >= 11 is 0. The van der Waals surface area contributed by atoms with E-state index >= 15 is 0 Å². The van der Waals surface area contributed by atoms with Gasteiger partial charge in [0.15, 0.2) is 5.82 Å². The number of H-pyrrole nitrogens is 1. The summed E-state index contributed by atoms with van der Waals surface area (Å²) in [5, 5.41) is 16.5. The fraction of sp³-hybridized carbons (Fsp3) is 0.800. The lowest BCUT2D eigenvalue weighted by atomic mass is 10.3. The van der Waals surface area contributed by atoms with E-state index in [9.17, 15) is 0 Å². The van der Waals surface area contributed by atoms with Crippen molar-refractivity contribution in [1.82, 2.24) is 25.9 Å². The van der Waals surface area contributed by atoms with Gasteiger partial charge >= 0.3 is 0 Å². The van der Waals surface area contributed by atoms with Crippen LogP contribution in [0.5, 0.6) is 0 Å². The first-order valence-corrected chi connectivity index (χ1v) is 3.31. The number of nitrogens with one attached hydrogen (secondary N) is 2. The van der Waals surface area contributed by atoms with Crippen molar-refractivity contribution in [2.24, 2.45) is 0 Å². The van der Waals surface area contributed by atoms with Crippen LogP contribution < -0.4 is 5.32 Å². The predicted octanol–water partition coefficient (Wildman–Crippen LogP) is -0.130. The highest BCUT2D eigenvalue weighted by Gasteiger charge is 2.05. The van der Waals surface area contributed by atoms with Gasteiger partial charge in [0.1, 0.15) is 0 Å². The van der Waals surface area contributed by atoms with Crippen molar-refractivity contribution in [2.45, 2.75) is 19.9 Å². The summed E-state index contributed by atoms with van der Waals surface area (Å²) in [6.45, 7) is 4.97. The highest BCUT2D eigenvalue weighted by molar-refractivity contribution is 4.84. The molecule has 0 radical (unpaired) electrons. The highest BCUT2D eigenvalue weighted by Crippen LogP contribution is 2.00. The normalized spacial score (nSPS) is 13.4. The highest BCUT2D eigenvalue weighted by atomic mass is 15.5. The van der Waals surface area contributed by atoms with Crippen molar-refractivity contribution in [3.05, 3.63) is 5.82 Å². The molecular weight excluding hydrogens is 130 g/mol. The van der Waals surface area contributed by atoms with Crippen LogP contribution in [0.15, 0.2) is 0 Å². The molecule has 2 N–H and O–H groups in total. The summed E-state index contributed by atoms with van der Waals surface area (Å²) in [4.78, 5) is 0. The van der Waals surface area contributed by atoms with E-state index in [0.29, 0.717) is 0 Å². The maximum Gasteiger partial charge on any atom is 0.165 e. The Hall–Kier alpha value is -0.970. The summed E-state index contributed by atoms with van der Waals surface area (Å²) in [5.74, 6) is 0.779. The Morgan fingerprint density at radius 2 is 2.50 bits per heavy atom. The van der Waals surface area contributed by atoms with Crippen LogP contribution in [0.2, 0.25) is 0 Å². The van der Waals surface area contributed by atoms with Crippen molar-refractivity contribution in [3.63, 3.8) is 0 Å². The minimum Gasteiger partial charge on any atom is -0.308 e. The second-order valence-corrected chi connectivity index (χ2v) is 2.07. The maximum absolute atomic E-state index is 3.76. The zero-order chi connectivity index (χ0) is 7.40. The van der Waals surface area contributed by atoms with Gasteiger partial charge in [-0.15, -0.1) is 5.10 Å². The molecule has 0 saturated carbocycles. The third-order valence-electron chi connectivity index (χ3n) is 1.28. The Bertz CT molecular complexity index is 170. The molecule has 5 nitrogen and oxygen atoms in total. The molecule has 56 valence electrons. The van der Waals surface area contributed by atoms with Crippen molar-refractivity contribution in [3.8, 4) is 0 Å². The molecule has 0 bridgehead atoms. The largest absolute Gasteiger partial charge is 0.308 e. The van der Waals surface area contributed by atoms with E-state index in [1.54, 1.807) is 0 Å². The summed E-state index contributed by atoms with van der Waals surface area (Å²) in [6, 6.07) is 0.208. The van der Waals surface area contributed by atoms with E-state index in [4.69, 9.17) is 0 Å². The summed E-state index contributed by atoms with van der Waals surface area (Å²) < 4.78 is 0. The van der Waals surface area contributed by atoms with Gasteiger partial charge in [-0.05, 0) is 23.9 Å². The monoisotopic (exact) mass is 141 g/mol. The second-order valence-electron chi connectivity index (χ2n) is 2.07. The molecule has 1 atom stereocenters. The second kappa shape index (κ2) is 3.26. The maximum atomic E-state index is 3.76. The number of tetrazole rings is 1. The molecule has 0 aliphatic carbocycles. The summed E-state index contributed by atoms with van der Waals surface area (Å²) in [5.41, 5.74) is 0. The third-order valence-corrected chi connectivity index (χ3v) is 1.28. The average Bonchev–Trinajstić information content (AvgIpc) is 2.38. The van der Waals surface area contributed by atoms with Crippen LogP contribution >= 0.6 is 0 Å². The molecule has 1 rings (SSSR count). The van der Waals surface area contributed by atoms with Crippen LogP contribution in [0.1, 0.15) is 25.7 Å². The van der Waals surface area contributed by atoms with Crippen molar-refractivity contribution in [1.29, 1.82) is 0 Å². The molecule has 10 heavy (non-hydrogen) atoms. The number of rotatable bonds is 3. The fourth-order valence-electron chi connectivity index (χ4n) is 0.753.